The Morgan fingerprint density at radius 1 is 1.42 bits per heavy atom. The first kappa shape index (κ1) is 13.8. The molecule has 1 heterocycles. The van der Waals surface area contributed by atoms with Crippen LogP contribution in [0.4, 0.5) is 18.9 Å². The fourth-order valence-electron chi connectivity index (χ4n) is 1.74. The van der Waals surface area contributed by atoms with Crippen LogP contribution in [0.15, 0.2) is 24.3 Å². The smallest absolute Gasteiger partial charge is 0.378 e. The lowest BCUT2D eigenvalue weighted by atomic mass is 10.2. The van der Waals surface area contributed by atoms with Crippen molar-refractivity contribution in [3.63, 3.8) is 0 Å². The maximum atomic E-state index is 12.5. The predicted molar refractivity (Wildman–Crippen MR) is 62.7 cm³/mol. The first-order valence-electron chi connectivity index (χ1n) is 5.76. The summed E-state index contributed by atoms with van der Waals surface area (Å²) in [5.74, 6) is -0.404. The quantitative estimate of drug-likeness (QED) is 0.862. The van der Waals surface area contributed by atoms with Gasteiger partial charge >= 0.3 is 6.18 Å². The zero-order valence-electron chi connectivity index (χ0n) is 9.96. The second-order valence-electron chi connectivity index (χ2n) is 4.15. The predicted octanol–water partition coefficient (Wildman–Crippen LogP) is 1.63. The fourth-order valence-corrected chi connectivity index (χ4v) is 1.74. The second kappa shape index (κ2) is 5.58. The number of anilines is 1. The molecule has 0 bridgehead atoms. The van der Waals surface area contributed by atoms with Crippen LogP contribution in [0, 0.1) is 0 Å². The van der Waals surface area contributed by atoms with Gasteiger partial charge in [-0.2, -0.15) is 13.2 Å². The van der Waals surface area contributed by atoms with Crippen molar-refractivity contribution in [3.05, 3.63) is 29.8 Å². The average Bonchev–Trinajstić information content (AvgIpc) is 2.39. The number of halogens is 3. The van der Waals surface area contributed by atoms with E-state index in [0.717, 1.165) is 12.1 Å². The molecule has 1 amide bonds. The molecule has 0 spiro atoms. The monoisotopic (exact) mass is 274 g/mol. The largest absolute Gasteiger partial charge is 0.416 e. The number of morpholine rings is 1. The number of alkyl halides is 3. The highest BCUT2D eigenvalue weighted by atomic mass is 19.4. The van der Waals surface area contributed by atoms with Gasteiger partial charge in [0.1, 0.15) is 6.04 Å². The van der Waals surface area contributed by atoms with Crippen molar-refractivity contribution < 1.29 is 22.7 Å². The summed E-state index contributed by atoms with van der Waals surface area (Å²) in [6, 6.07) is 3.99. The van der Waals surface area contributed by atoms with Gasteiger partial charge in [-0.05, 0) is 18.2 Å². The highest BCUT2D eigenvalue weighted by Crippen LogP contribution is 2.30. The molecular weight excluding hydrogens is 261 g/mol. The van der Waals surface area contributed by atoms with Gasteiger partial charge in [0.15, 0.2) is 0 Å². The van der Waals surface area contributed by atoms with E-state index in [1.165, 1.54) is 12.1 Å². The zero-order chi connectivity index (χ0) is 13.9. The molecule has 0 radical (unpaired) electrons. The lowest BCUT2D eigenvalue weighted by molar-refractivity contribution is -0.137. The van der Waals surface area contributed by atoms with E-state index in [2.05, 4.69) is 10.6 Å². The van der Waals surface area contributed by atoms with Gasteiger partial charge in [-0.25, -0.2) is 0 Å². The number of nitrogens with one attached hydrogen (secondary N) is 2. The highest BCUT2D eigenvalue weighted by Gasteiger charge is 2.30. The van der Waals surface area contributed by atoms with Crippen LogP contribution >= 0.6 is 0 Å². The zero-order valence-corrected chi connectivity index (χ0v) is 9.96. The van der Waals surface area contributed by atoms with E-state index in [0.29, 0.717) is 13.2 Å². The van der Waals surface area contributed by atoms with E-state index in [4.69, 9.17) is 4.74 Å². The lowest BCUT2D eigenvalue weighted by Crippen LogP contribution is -2.48. The molecule has 1 unspecified atom stereocenters. The molecule has 1 saturated heterocycles. The number of benzene rings is 1. The lowest BCUT2D eigenvalue weighted by Gasteiger charge is -2.23. The summed E-state index contributed by atoms with van der Waals surface area (Å²) < 4.78 is 42.7. The summed E-state index contributed by atoms with van der Waals surface area (Å²) in [6.45, 7) is 1.28. The Hall–Kier alpha value is -1.60. The number of carbonyl (C=O) groups excluding carboxylic acids is 1. The van der Waals surface area contributed by atoms with Gasteiger partial charge in [-0.3, -0.25) is 4.79 Å². The van der Waals surface area contributed by atoms with E-state index < -0.39 is 23.7 Å². The van der Waals surface area contributed by atoms with Gasteiger partial charge in [-0.15, -0.1) is 0 Å². The maximum Gasteiger partial charge on any atom is 0.416 e. The molecule has 2 rings (SSSR count). The van der Waals surface area contributed by atoms with Crippen LogP contribution in [0.1, 0.15) is 5.56 Å². The standard InChI is InChI=1S/C12H13F3N2O2/c13-12(14,15)8-2-1-3-9(6-8)17-11(18)10-7-19-5-4-16-10/h1-3,6,10,16H,4-5,7H2,(H,17,18). The van der Waals surface area contributed by atoms with Crippen molar-refractivity contribution in [3.8, 4) is 0 Å². The fraction of sp³-hybridized carbons (Fsp3) is 0.417. The summed E-state index contributed by atoms with van der Waals surface area (Å²) in [4.78, 5) is 11.8. The average molecular weight is 274 g/mol. The summed E-state index contributed by atoms with van der Waals surface area (Å²) in [6.07, 6.45) is -4.42. The summed E-state index contributed by atoms with van der Waals surface area (Å²) in [5, 5.41) is 5.37. The SMILES string of the molecule is O=C(Nc1cccc(C(F)(F)F)c1)C1COCCN1. The first-order chi connectivity index (χ1) is 8.97. The summed E-state index contributed by atoms with van der Waals surface area (Å²) >= 11 is 0. The molecule has 0 aliphatic carbocycles. The third kappa shape index (κ3) is 3.68. The minimum Gasteiger partial charge on any atom is -0.378 e. The molecule has 19 heavy (non-hydrogen) atoms. The third-order valence-corrected chi connectivity index (χ3v) is 2.70. The van der Waals surface area contributed by atoms with Crippen molar-refractivity contribution >= 4 is 11.6 Å². The number of carbonyl (C=O) groups is 1. The van der Waals surface area contributed by atoms with Crippen molar-refractivity contribution in [2.75, 3.05) is 25.1 Å². The molecule has 7 heteroatoms. The molecule has 1 aromatic carbocycles. The van der Waals surface area contributed by atoms with Crippen molar-refractivity contribution in [1.82, 2.24) is 5.32 Å². The molecule has 1 atom stereocenters. The summed E-state index contributed by atoms with van der Waals surface area (Å²) in [7, 11) is 0. The molecule has 1 fully saturated rings. The van der Waals surface area contributed by atoms with Crippen LogP contribution in [0.25, 0.3) is 0 Å². The van der Waals surface area contributed by atoms with E-state index in [9.17, 15) is 18.0 Å². The van der Waals surface area contributed by atoms with Crippen LogP contribution < -0.4 is 10.6 Å². The molecular formula is C12H13F3N2O2. The number of ether oxygens (including phenoxy) is 1. The minimum absolute atomic E-state index is 0.118. The molecule has 1 aliphatic rings. The Bertz CT molecular complexity index is 457. The number of hydrogen-bond donors (Lipinski definition) is 2. The molecule has 0 saturated carbocycles. The molecule has 4 nitrogen and oxygen atoms in total. The van der Waals surface area contributed by atoms with Gasteiger partial charge in [0.05, 0.1) is 18.8 Å². The van der Waals surface area contributed by atoms with Gasteiger partial charge in [0.25, 0.3) is 0 Å². The molecule has 1 aromatic rings. The van der Waals surface area contributed by atoms with Gasteiger partial charge in [-0.1, -0.05) is 6.07 Å². The summed E-state index contributed by atoms with van der Waals surface area (Å²) in [5.41, 5.74) is -0.676. The Balaban J connectivity index is 2.04. The van der Waals surface area contributed by atoms with Gasteiger partial charge in [0, 0.05) is 12.2 Å². The molecule has 1 aliphatic heterocycles. The normalized spacial score (nSPS) is 20.1. The number of amides is 1. The van der Waals surface area contributed by atoms with Crippen LogP contribution in [0.3, 0.4) is 0 Å². The number of rotatable bonds is 2. The van der Waals surface area contributed by atoms with Crippen LogP contribution in [0.5, 0.6) is 0 Å². The topological polar surface area (TPSA) is 50.4 Å². The van der Waals surface area contributed by atoms with E-state index in [1.54, 1.807) is 0 Å². The Kier molecular flexibility index (Phi) is 4.06. The first-order valence-corrected chi connectivity index (χ1v) is 5.76. The van der Waals surface area contributed by atoms with Crippen molar-refractivity contribution in [2.24, 2.45) is 0 Å². The Morgan fingerprint density at radius 2 is 2.21 bits per heavy atom. The molecule has 2 N–H and O–H groups in total. The van der Waals surface area contributed by atoms with E-state index >= 15 is 0 Å². The Morgan fingerprint density at radius 3 is 2.84 bits per heavy atom. The minimum atomic E-state index is -4.42. The van der Waals surface area contributed by atoms with Gasteiger partial charge < -0.3 is 15.4 Å². The van der Waals surface area contributed by atoms with Crippen LogP contribution in [-0.2, 0) is 15.7 Å². The van der Waals surface area contributed by atoms with Crippen LogP contribution in [-0.4, -0.2) is 31.7 Å². The van der Waals surface area contributed by atoms with E-state index in [-0.39, 0.29) is 12.3 Å². The van der Waals surface area contributed by atoms with Crippen molar-refractivity contribution in [2.45, 2.75) is 12.2 Å². The second-order valence-corrected chi connectivity index (χ2v) is 4.15. The maximum absolute atomic E-state index is 12.5. The molecule has 0 aromatic heterocycles. The molecule has 104 valence electrons. The Labute approximate surface area is 107 Å². The van der Waals surface area contributed by atoms with Crippen molar-refractivity contribution in [1.29, 1.82) is 0 Å². The van der Waals surface area contributed by atoms with E-state index in [1.807, 2.05) is 0 Å². The third-order valence-electron chi connectivity index (χ3n) is 2.70. The highest BCUT2D eigenvalue weighted by molar-refractivity contribution is 5.95. The van der Waals surface area contributed by atoms with Crippen LogP contribution in [0.2, 0.25) is 0 Å². The number of hydrogen-bond acceptors (Lipinski definition) is 3. The van der Waals surface area contributed by atoms with Gasteiger partial charge in [0.2, 0.25) is 5.91 Å².